The molecule has 0 saturated carbocycles. The van der Waals surface area contributed by atoms with E-state index in [1.807, 2.05) is 31.2 Å². The first-order valence-corrected chi connectivity index (χ1v) is 8.46. The second-order valence-corrected chi connectivity index (χ2v) is 6.20. The van der Waals surface area contributed by atoms with Crippen LogP contribution in [-0.2, 0) is 11.2 Å². The Labute approximate surface area is 156 Å². The topological polar surface area (TPSA) is 77.2 Å². The number of aromatic nitrogens is 2. The van der Waals surface area contributed by atoms with Gasteiger partial charge in [0.1, 0.15) is 5.75 Å². The zero-order valence-electron chi connectivity index (χ0n) is 14.5. The highest BCUT2D eigenvalue weighted by Crippen LogP contribution is 2.28. The summed E-state index contributed by atoms with van der Waals surface area (Å²) in [5, 5.41) is 11.3. The monoisotopic (exact) mass is 371 g/mol. The molecule has 0 unspecified atom stereocenters. The van der Waals surface area contributed by atoms with Crippen LogP contribution < -0.4 is 10.1 Å². The van der Waals surface area contributed by atoms with Gasteiger partial charge in [-0.3, -0.25) is 4.79 Å². The number of anilines is 1. The van der Waals surface area contributed by atoms with Crippen LogP contribution in [0.15, 0.2) is 46.9 Å². The van der Waals surface area contributed by atoms with Crippen LogP contribution in [0.5, 0.6) is 5.75 Å². The quantitative estimate of drug-likeness (QED) is 0.699. The van der Waals surface area contributed by atoms with Crippen LogP contribution in [0.1, 0.15) is 17.9 Å². The number of rotatable bonds is 6. The number of nitrogens with zero attached hydrogens (tertiary/aromatic N) is 2. The largest absolute Gasteiger partial charge is 0.495 e. The summed E-state index contributed by atoms with van der Waals surface area (Å²) in [4.78, 5) is 12.2. The molecule has 26 heavy (non-hydrogen) atoms. The van der Waals surface area contributed by atoms with Crippen LogP contribution in [0.4, 0.5) is 5.69 Å². The molecule has 0 radical (unpaired) electrons. The highest BCUT2D eigenvalue weighted by atomic mass is 35.5. The molecule has 1 amide bonds. The van der Waals surface area contributed by atoms with Gasteiger partial charge in [-0.1, -0.05) is 29.3 Å². The average Bonchev–Trinajstić information content (AvgIpc) is 3.10. The third-order valence-corrected chi connectivity index (χ3v) is 4.00. The first-order chi connectivity index (χ1) is 12.5. The average molecular weight is 372 g/mol. The van der Waals surface area contributed by atoms with Crippen LogP contribution in [0.2, 0.25) is 5.02 Å². The summed E-state index contributed by atoms with van der Waals surface area (Å²) in [6.07, 6.45) is 0.540. The molecule has 1 N–H and O–H groups in total. The van der Waals surface area contributed by atoms with E-state index in [1.165, 1.54) is 7.11 Å². The molecule has 6 nitrogen and oxygen atoms in total. The van der Waals surface area contributed by atoms with Gasteiger partial charge in [0.25, 0.3) is 0 Å². The number of benzene rings is 2. The second-order valence-electron chi connectivity index (χ2n) is 5.76. The smallest absolute Gasteiger partial charge is 0.247 e. The molecular weight excluding hydrogens is 354 g/mol. The van der Waals surface area contributed by atoms with E-state index in [1.54, 1.807) is 18.2 Å². The number of amides is 1. The minimum atomic E-state index is -0.194. The van der Waals surface area contributed by atoms with E-state index in [9.17, 15) is 4.79 Å². The van der Waals surface area contributed by atoms with E-state index in [0.717, 1.165) is 11.1 Å². The molecule has 0 spiro atoms. The van der Waals surface area contributed by atoms with Crippen LogP contribution in [-0.4, -0.2) is 23.2 Å². The van der Waals surface area contributed by atoms with Crippen LogP contribution in [0.25, 0.3) is 11.5 Å². The lowest BCUT2D eigenvalue weighted by atomic mass is 10.1. The molecule has 0 aliphatic rings. The number of carbonyl (C=O) groups excluding carboxylic acids is 1. The lowest BCUT2D eigenvalue weighted by Gasteiger charge is -2.10. The first-order valence-electron chi connectivity index (χ1n) is 8.08. The zero-order valence-corrected chi connectivity index (χ0v) is 15.2. The molecule has 3 rings (SSSR count). The third kappa shape index (κ3) is 4.40. The minimum absolute atomic E-state index is 0.194. The van der Waals surface area contributed by atoms with E-state index in [0.29, 0.717) is 34.7 Å². The Bertz CT molecular complexity index is 907. The van der Waals surface area contributed by atoms with Crippen molar-refractivity contribution < 1.29 is 13.9 Å². The number of aryl methyl sites for hydroxylation is 2. The SMILES string of the molecule is COc1ccc(Cl)cc1NC(=O)CCc1nnc(-c2ccc(C)cc2)o1. The van der Waals surface area contributed by atoms with Crippen molar-refractivity contribution in [3.63, 3.8) is 0 Å². The van der Waals surface area contributed by atoms with Crippen LogP contribution >= 0.6 is 11.6 Å². The number of nitrogens with one attached hydrogen (secondary N) is 1. The van der Waals surface area contributed by atoms with Crippen molar-refractivity contribution in [3.8, 4) is 17.2 Å². The predicted octanol–water partition coefficient (Wildman–Crippen LogP) is 4.28. The molecular formula is C19H18ClN3O3. The number of halogens is 1. The van der Waals surface area contributed by atoms with Gasteiger partial charge in [-0.25, -0.2) is 0 Å². The molecule has 134 valence electrons. The molecule has 0 atom stereocenters. The van der Waals surface area contributed by atoms with Crippen molar-refractivity contribution in [2.75, 3.05) is 12.4 Å². The minimum Gasteiger partial charge on any atom is -0.495 e. The third-order valence-electron chi connectivity index (χ3n) is 3.77. The molecule has 1 aromatic heterocycles. The summed E-state index contributed by atoms with van der Waals surface area (Å²) in [5.41, 5.74) is 2.53. The van der Waals surface area contributed by atoms with Crippen molar-refractivity contribution in [1.29, 1.82) is 0 Å². The van der Waals surface area contributed by atoms with Crippen LogP contribution in [0.3, 0.4) is 0 Å². The molecule has 0 aliphatic heterocycles. The lowest BCUT2D eigenvalue weighted by Crippen LogP contribution is -2.13. The van der Waals surface area contributed by atoms with Gasteiger partial charge >= 0.3 is 0 Å². The van der Waals surface area contributed by atoms with Gasteiger partial charge in [0.15, 0.2) is 0 Å². The highest BCUT2D eigenvalue weighted by Gasteiger charge is 2.12. The Morgan fingerprint density at radius 1 is 1.19 bits per heavy atom. The van der Waals surface area contributed by atoms with E-state index in [2.05, 4.69) is 15.5 Å². The van der Waals surface area contributed by atoms with Gasteiger partial charge in [-0.15, -0.1) is 10.2 Å². The number of hydrogen-bond acceptors (Lipinski definition) is 5. The molecule has 7 heteroatoms. The maximum atomic E-state index is 12.2. The molecule has 0 fully saturated rings. The van der Waals surface area contributed by atoms with Crippen molar-refractivity contribution in [2.45, 2.75) is 19.8 Å². The van der Waals surface area contributed by atoms with Crippen molar-refractivity contribution in [3.05, 3.63) is 58.9 Å². The van der Waals surface area contributed by atoms with E-state index >= 15 is 0 Å². The predicted molar refractivity (Wildman–Crippen MR) is 99.4 cm³/mol. The van der Waals surface area contributed by atoms with Gasteiger partial charge in [-0.2, -0.15) is 0 Å². The van der Waals surface area contributed by atoms with Gasteiger partial charge in [0.2, 0.25) is 17.7 Å². The molecule has 2 aromatic carbocycles. The summed E-state index contributed by atoms with van der Waals surface area (Å²) >= 11 is 5.96. The van der Waals surface area contributed by atoms with Crippen molar-refractivity contribution in [2.24, 2.45) is 0 Å². The number of hydrogen-bond donors (Lipinski definition) is 1. The van der Waals surface area contributed by atoms with Crippen LogP contribution in [0, 0.1) is 6.92 Å². The summed E-state index contributed by atoms with van der Waals surface area (Å²) < 4.78 is 10.8. The number of ether oxygens (including phenoxy) is 1. The van der Waals surface area contributed by atoms with Gasteiger partial charge < -0.3 is 14.5 Å². The van der Waals surface area contributed by atoms with Gasteiger partial charge in [0.05, 0.1) is 12.8 Å². The first kappa shape index (κ1) is 17.9. The van der Waals surface area contributed by atoms with E-state index in [4.69, 9.17) is 20.8 Å². The Hall–Kier alpha value is -2.86. The fourth-order valence-electron chi connectivity index (χ4n) is 2.38. The Balaban J connectivity index is 1.60. The van der Waals surface area contributed by atoms with E-state index < -0.39 is 0 Å². The fraction of sp³-hybridized carbons (Fsp3) is 0.211. The lowest BCUT2D eigenvalue weighted by molar-refractivity contribution is -0.116. The maximum absolute atomic E-state index is 12.2. The van der Waals surface area contributed by atoms with Crippen molar-refractivity contribution in [1.82, 2.24) is 10.2 Å². The summed E-state index contributed by atoms with van der Waals surface area (Å²) in [6.45, 7) is 2.01. The highest BCUT2D eigenvalue weighted by molar-refractivity contribution is 6.31. The number of methoxy groups -OCH3 is 1. The van der Waals surface area contributed by atoms with Gasteiger partial charge in [-0.05, 0) is 37.3 Å². The van der Waals surface area contributed by atoms with Gasteiger partial charge in [0, 0.05) is 23.4 Å². The molecule has 0 bridgehead atoms. The zero-order chi connectivity index (χ0) is 18.5. The second kappa shape index (κ2) is 8.01. The summed E-state index contributed by atoms with van der Waals surface area (Å²) in [6, 6.07) is 12.8. The summed E-state index contributed by atoms with van der Waals surface area (Å²) in [7, 11) is 1.53. The Morgan fingerprint density at radius 3 is 2.69 bits per heavy atom. The molecule has 0 aliphatic carbocycles. The standard InChI is InChI=1S/C19H18ClN3O3/c1-12-3-5-13(6-4-12)19-23-22-18(26-19)10-9-17(24)21-15-11-14(20)7-8-16(15)25-2/h3-8,11H,9-10H2,1-2H3,(H,21,24). The van der Waals surface area contributed by atoms with E-state index in [-0.39, 0.29) is 12.3 Å². The number of carbonyl (C=O) groups is 1. The Morgan fingerprint density at radius 2 is 1.96 bits per heavy atom. The summed E-state index contributed by atoms with van der Waals surface area (Å²) in [5.74, 6) is 1.20. The fourth-order valence-corrected chi connectivity index (χ4v) is 2.55. The Kier molecular flexibility index (Phi) is 5.53. The molecule has 1 heterocycles. The maximum Gasteiger partial charge on any atom is 0.247 e. The van der Waals surface area contributed by atoms with Crippen molar-refractivity contribution >= 4 is 23.2 Å². The molecule has 3 aromatic rings. The normalized spacial score (nSPS) is 10.6. The molecule has 0 saturated heterocycles.